The van der Waals surface area contributed by atoms with E-state index in [4.69, 9.17) is 4.42 Å². The molecule has 2 aromatic heterocycles. The van der Waals surface area contributed by atoms with E-state index in [2.05, 4.69) is 19.7 Å². The molecule has 1 unspecified atom stereocenters. The average molecular weight is 486 g/mol. The van der Waals surface area contributed by atoms with Crippen molar-refractivity contribution in [2.45, 2.75) is 29.8 Å². The van der Waals surface area contributed by atoms with Crippen LogP contribution in [0.5, 0.6) is 0 Å². The summed E-state index contributed by atoms with van der Waals surface area (Å²) in [6.45, 7) is 0. The fourth-order valence-electron chi connectivity index (χ4n) is 4.19. The van der Waals surface area contributed by atoms with Crippen molar-refractivity contribution in [3.8, 4) is 11.5 Å². The Bertz CT molecular complexity index is 1440. The molecule has 0 amide bonds. The van der Waals surface area contributed by atoms with Gasteiger partial charge in [-0.25, -0.2) is 28.1 Å². The Labute approximate surface area is 192 Å². The minimum Gasteiger partial charge on any atom is -0.445 e. The molecule has 0 saturated heterocycles. The van der Waals surface area contributed by atoms with Gasteiger partial charge in [0.25, 0.3) is 10.0 Å². The highest BCUT2D eigenvalue weighted by Gasteiger charge is 2.34. The lowest BCUT2D eigenvalue weighted by atomic mass is 9.88. The number of aromatic nitrogens is 3. The monoisotopic (exact) mass is 486 g/mol. The number of alkyl halides is 3. The second kappa shape index (κ2) is 8.24. The second-order valence-electron chi connectivity index (χ2n) is 7.77. The number of nitrogens with one attached hydrogen (secondary N) is 1. The standard InChI is InChI=1S/C23H17F3N4O3S/c24-23(25,26)15-3-6-19(20(13-15)21-27-10-11-33-21)18-5-2-14-12-16(4-7-17(14)18)34(31,32)30-22-28-8-1-9-29-22/h1,3-4,6-13,18H,2,5H2,(H,28,29,30). The molecule has 0 saturated carbocycles. The number of nitrogens with zero attached hydrogens (tertiary/aromatic N) is 3. The topological polar surface area (TPSA) is 98.0 Å². The molecular formula is C23H17F3N4O3S. The molecule has 11 heteroatoms. The van der Waals surface area contributed by atoms with Crippen LogP contribution in [0, 0.1) is 0 Å². The molecule has 7 nitrogen and oxygen atoms in total. The van der Waals surface area contributed by atoms with Gasteiger partial charge in [-0.3, -0.25) is 0 Å². The molecule has 1 atom stereocenters. The Morgan fingerprint density at radius 1 is 0.971 bits per heavy atom. The van der Waals surface area contributed by atoms with Crippen LogP contribution in [0.25, 0.3) is 11.5 Å². The van der Waals surface area contributed by atoms with Crippen LogP contribution in [0.4, 0.5) is 19.1 Å². The Morgan fingerprint density at radius 3 is 2.44 bits per heavy atom. The van der Waals surface area contributed by atoms with Crippen LogP contribution in [-0.2, 0) is 22.6 Å². The molecule has 1 N–H and O–H groups in total. The predicted molar refractivity (Wildman–Crippen MR) is 116 cm³/mol. The van der Waals surface area contributed by atoms with E-state index in [1.54, 1.807) is 18.2 Å². The number of hydrogen-bond acceptors (Lipinski definition) is 6. The number of aryl methyl sites for hydroxylation is 1. The average Bonchev–Trinajstić information content (AvgIpc) is 3.48. The highest BCUT2D eigenvalue weighted by Crippen LogP contribution is 2.44. The van der Waals surface area contributed by atoms with Crippen LogP contribution >= 0.6 is 0 Å². The number of hydrogen-bond donors (Lipinski definition) is 1. The Balaban J connectivity index is 1.51. The summed E-state index contributed by atoms with van der Waals surface area (Å²) in [7, 11) is -3.91. The van der Waals surface area contributed by atoms with Crippen molar-refractivity contribution in [1.29, 1.82) is 0 Å². The normalized spacial score (nSPS) is 15.8. The molecule has 0 fully saturated rings. The molecule has 0 radical (unpaired) electrons. The van der Waals surface area contributed by atoms with Crippen molar-refractivity contribution >= 4 is 16.0 Å². The van der Waals surface area contributed by atoms with E-state index in [9.17, 15) is 21.6 Å². The third-order valence-electron chi connectivity index (χ3n) is 5.71. The van der Waals surface area contributed by atoms with E-state index in [0.29, 0.717) is 18.4 Å². The zero-order valence-electron chi connectivity index (χ0n) is 17.5. The van der Waals surface area contributed by atoms with E-state index < -0.39 is 21.8 Å². The summed E-state index contributed by atoms with van der Waals surface area (Å²) in [6.07, 6.45) is 2.20. The molecule has 2 aromatic carbocycles. The molecule has 1 aliphatic carbocycles. The first kappa shape index (κ1) is 22.1. The van der Waals surface area contributed by atoms with Gasteiger partial charge in [0.05, 0.1) is 16.7 Å². The summed E-state index contributed by atoms with van der Waals surface area (Å²) >= 11 is 0. The van der Waals surface area contributed by atoms with Crippen LogP contribution in [-0.4, -0.2) is 23.4 Å². The minimum atomic E-state index is -4.51. The second-order valence-corrected chi connectivity index (χ2v) is 9.45. The van der Waals surface area contributed by atoms with Gasteiger partial charge >= 0.3 is 6.18 Å². The maximum atomic E-state index is 13.3. The first-order valence-corrected chi connectivity index (χ1v) is 11.7. The maximum Gasteiger partial charge on any atom is 0.416 e. The quantitative estimate of drug-likeness (QED) is 0.425. The summed E-state index contributed by atoms with van der Waals surface area (Å²) in [5, 5.41) is 0. The van der Waals surface area contributed by atoms with Crippen molar-refractivity contribution in [3.63, 3.8) is 0 Å². The van der Waals surface area contributed by atoms with Gasteiger partial charge in [-0.2, -0.15) is 13.2 Å². The molecule has 5 rings (SSSR count). The minimum absolute atomic E-state index is 0.0405. The SMILES string of the molecule is O=S(=O)(Nc1ncccn1)c1ccc2c(c1)CCC2c1ccc(C(F)(F)F)cc1-c1ncco1. The molecule has 174 valence electrons. The molecular weight excluding hydrogens is 469 g/mol. The third kappa shape index (κ3) is 4.14. The number of fused-ring (bicyclic) bond motifs is 1. The maximum absolute atomic E-state index is 13.3. The zero-order valence-corrected chi connectivity index (χ0v) is 18.3. The third-order valence-corrected chi connectivity index (χ3v) is 7.04. The summed E-state index contributed by atoms with van der Waals surface area (Å²) in [4.78, 5) is 11.9. The van der Waals surface area contributed by atoms with Crippen molar-refractivity contribution in [2.75, 3.05) is 4.72 Å². The number of rotatable bonds is 5. The Kier molecular flexibility index (Phi) is 5.35. The van der Waals surface area contributed by atoms with Crippen molar-refractivity contribution in [2.24, 2.45) is 0 Å². The van der Waals surface area contributed by atoms with Crippen LogP contribution in [0.2, 0.25) is 0 Å². The lowest BCUT2D eigenvalue weighted by Crippen LogP contribution is -2.15. The van der Waals surface area contributed by atoms with Gasteiger partial charge in [0.2, 0.25) is 11.8 Å². The summed E-state index contributed by atoms with van der Waals surface area (Å²) in [5.74, 6) is -0.177. The van der Waals surface area contributed by atoms with Gasteiger partial charge < -0.3 is 4.42 Å². The van der Waals surface area contributed by atoms with Crippen LogP contribution in [0.15, 0.2) is 76.6 Å². The lowest BCUT2D eigenvalue weighted by Gasteiger charge is -2.18. The van der Waals surface area contributed by atoms with Gasteiger partial charge in [0.1, 0.15) is 6.26 Å². The molecule has 4 aromatic rings. The van der Waals surface area contributed by atoms with Crippen molar-refractivity contribution in [3.05, 3.63) is 89.6 Å². The summed E-state index contributed by atoms with van der Waals surface area (Å²) < 4.78 is 73.3. The van der Waals surface area contributed by atoms with Gasteiger partial charge in [0, 0.05) is 23.9 Å². The van der Waals surface area contributed by atoms with Gasteiger partial charge in [0.15, 0.2) is 0 Å². The van der Waals surface area contributed by atoms with Crippen LogP contribution in [0.3, 0.4) is 0 Å². The van der Waals surface area contributed by atoms with E-state index >= 15 is 0 Å². The van der Waals surface area contributed by atoms with Gasteiger partial charge in [-0.05, 0) is 59.9 Å². The fraction of sp³-hybridized carbons (Fsp3) is 0.174. The molecule has 0 aliphatic heterocycles. The number of benzene rings is 2. The van der Waals surface area contributed by atoms with E-state index in [0.717, 1.165) is 23.3 Å². The van der Waals surface area contributed by atoms with E-state index in [-0.39, 0.29) is 28.2 Å². The van der Waals surface area contributed by atoms with Crippen LogP contribution < -0.4 is 4.72 Å². The van der Waals surface area contributed by atoms with Crippen molar-refractivity contribution in [1.82, 2.24) is 15.0 Å². The predicted octanol–water partition coefficient (Wildman–Crippen LogP) is 5.03. The molecule has 0 bridgehead atoms. The molecule has 1 aliphatic rings. The smallest absolute Gasteiger partial charge is 0.416 e. The lowest BCUT2D eigenvalue weighted by molar-refractivity contribution is -0.137. The summed E-state index contributed by atoms with van der Waals surface area (Å²) in [6, 6.07) is 9.85. The number of sulfonamides is 1. The highest BCUT2D eigenvalue weighted by atomic mass is 32.2. The van der Waals surface area contributed by atoms with Crippen LogP contribution in [0.1, 0.15) is 34.6 Å². The molecule has 0 spiro atoms. The Hall–Kier alpha value is -3.73. The fourth-order valence-corrected chi connectivity index (χ4v) is 5.20. The Morgan fingerprint density at radius 2 is 1.74 bits per heavy atom. The van der Waals surface area contributed by atoms with Gasteiger partial charge in [-0.1, -0.05) is 12.1 Å². The molecule has 34 heavy (non-hydrogen) atoms. The number of oxazole rings is 1. The van der Waals surface area contributed by atoms with Crippen molar-refractivity contribution < 1.29 is 26.0 Å². The first-order chi connectivity index (χ1) is 16.2. The summed E-state index contributed by atoms with van der Waals surface area (Å²) in [5.41, 5.74) is 1.76. The number of anilines is 1. The van der Waals surface area contributed by atoms with E-state index in [1.807, 2.05) is 0 Å². The van der Waals surface area contributed by atoms with Gasteiger partial charge in [-0.15, -0.1) is 0 Å². The number of halogens is 3. The zero-order chi connectivity index (χ0) is 23.9. The van der Waals surface area contributed by atoms with E-state index in [1.165, 1.54) is 37.0 Å². The molecule has 2 heterocycles. The highest BCUT2D eigenvalue weighted by molar-refractivity contribution is 7.92. The largest absolute Gasteiger partial charge is 0.445 e. The first-order valence-electron chi connectivity index (χ1n) is 10.3.